The van der Waals surface area contributed by atoms with Gasteiger partial charge in [0.05, 0.1) is 5.02 Å². The van der Waals surface area contributed by atoms with Gasteiger partial charge in [-0.15, -0.1) is 10.2 Å². The molecule has 1 saturated heterocycles. The number of rotatable bonds is 2. The van der Waals surface area contributed by atoms with Crippen molar-refractivity contribution >= 4 is 50.5 Å². The molecule has 0 atom stereocenters. The second-order valence-corrected chi connectivity index (χ2v) is 8.47. The van der Waals surface area contributed by atoms with Gasteiger partial charge in [-0.2, -0.15) is 9.61 Å². The molecule has 1 aromatic carbocycles. The monoisotopic (exact) mass is 459 g/mol. The van der Waals surface area contributed by atoms with Gasteiger partial charge in [0.2, 0.25) is 4.96 Å². The first-order valence-corrected chi connectivity index (χ1v) is 9.75. The minimum absolute atomic E-state index is 0.433. The van der Waals surface area contributed by atoms with Crippen molar-refractivity contribution in [3.63, 3.8) is 0 Å². The van der Waals surface area contributed by atoms with E-state index in [1.165, 1.54) is 11.3 Å². The molecular formula is C15H15ClIN5S. The van der Waals surface area contributed by atoms with E-state index in [2.05, 4.69) is 50.8 Å². The number of hydrogen-bond acceptors (Lipinski definition) is 5. The van der Waals surface area contributed by atoms with Crippen LogP contribution >= 0.6 is 45.5 Å². The third-order valence-electron chi connectivity index (χ3n) is 4.26. The zero-order valence-corrected chi connectivity index (χ0v) is 16.3. The minimum Gasteiger partial charge on any atom is -0.306 e. The van der Waals surface area contributed by atoms with Crippen LogP contribution in [0.1, 0.15) is 24.6 Å². The number of piperidine rings is 1. The largest absolute Gasteiger partial charge is 0.306 e. The molecule has 0 unspecified atom stereocenters. The Labute approximate surface area is 156 Å². The maximum absolute atomic E-state index is 6.34. The molecule has 120 valence electrons. The van der Waals surface area contributed by atoms with Crippen molar-refractivity contribution < 1.29 is 0 Å². The zero-order chi connectivity index (χ0) is 16.0. The standard InChI is InChI=1S/C15H15ClIN5S/c1-21-6-4-9(5-7-21)13-18-19-15-22(13)20-14(23-15)11-8-10(17)2-3-12(11)16/h2-3,8-9H,4-7H2,1H3. The molecule has 1 aliphatic rings. The lowest BCUT2D eigenvalue weighted by molar-refractivity contribution is 0.250. The summed E-state index contributed by atoms with van der Waals surface area (Å²) in [7, 11) is 2.16. The normalized spacial score (nSPS) is 17.2. The first-order valence-electron chi connectivity index (χ1n) is 7.48. The number of likely N-dealkylation sites (tertiary alicyclic amines) is 1. The molecule has 0 spiro atoms. The van der Waals surface area contributed by atoms with Crippen molar-refractivity contribution in [1.29, 1.82) is 0 Å². The third-order valence-corrected chi connectivity index (χ3v) is 6.19. The molecular weight excluding hydrogens is 445 g/mol. The summed E-state index contributed by atoms with van der Waals surface area (Å²) < 4.78 is 3.05. The van der Waals surface area contributed by atoms with Gasteiger partial charge >= 0.3 is 0 Å². The molecule has 5 nitrogen and oxygen atoms in total. The summed E-state index contributed by atoms with van der Waals surface area (Å²) in [5.74, 6) is 1.42. The Morgan fingerprint density at radius 2 is 2.04 bits per heavy atom. The topological polar surface area (TPSA) is 46.3 Å². The average Bonchev–Trinajstić information content (AvgIpc) is 3.11. The van der Waals surface area contributed by atoms with E-state index >= 15 is 0 Å². The SMILES string of the molecule is CN1CCC(c2nnc3sc(-c4cc(I)ccc4Cl)nn23)CC1. The van der Waals surface area contributed by atoms with E-state index in [0.717, 1.165) is 55.9 Å². The Bertz CT molecular complexity index is 853. The Morgan fingerprint density at radius 1 is 1.26 bits per heavy atom. The van der Waals surface area contributed by atoms with Crippen LogP contribution in [0.3, 0.4) is 0 Å². The summed E-state index contributed by atoms with van der Waals surface area (Å²) in [6.07, 6.45) is 2.21. The summed E-state index contributed by atoms with van der Waals surface area (Å²) in [6, 6.07) is 5.97. The minimum atomic E-state index is 0.433. The lowest BCUT2D eigenvalue weighted by Gasteiger charge is -2.27. The molecule has 0 radical (unpaired) electrons. The van der Waals surface area contributed by atoms with Gasteiger partial charge in [-0.05, 0) is 73.8 Å². The summed E-state index contributed by atoms with van der Waals surface area (Å²) in [6.45, 7) is 2.19. The van der Waals surface area contributed by atoms with Crippen LogP contribution in [-0.2, 0) is 0 Å². The van der Waals surface area contributed by atoms with E-state index in [4.69, 9.17) is 16.7 Å². The fourth-order valence-electron chi connectivity index (χ4n) is 2.92. The van der Waals surface area contributed by atoms with Crippen LogP contribution in [0.5, 0.6) is 0 Å². The molecule has 1 aliphatic heterocycles. The molecule has 3 aromatic rings. The number of fused-ring (bicyclic) bond motifs is 1. The van der Waals surface area contributed by atoms with Crippen molar-refractivity contribution in [1.82, 2.24) is 24.7 Å². The summed E-state index contributed by atoms with van der Waals surface area (Å²) in [4.78, 5) is 3.19. The van der Waals surface area contributed by atoms with Crippen LogP contribution in [-0.4, -0.2) is 44.8 Å². The maximum atomic E-state index is 6.34. The lowest BCUT2D eigenvalue weighted by Crippen LogP contribution is -2.30. The number of halogens is 2. The number of aromatic nitrogens is 4. The first kappa shape index (κ1) is 15.7. The van der Waals surface area contributed by atoms with E-state index in [1.54, 1.807) is 0 Å². The second-order valence-electron chi connectivity index (χ2n) is 5.86. The first-order chi connectivity index (χ1) is 11.1. The second kappa shape index (κ2) is 6.27. The highest BCUT2D eigenvalue weighted by Gasteiger charge is 2.25. The smallest absolute Gasteiger partial charge is 0.234 e. The molecule has 3 heterocycles. The van der Waals surface area contributed by atoms with Crippen LogP contribution in [0.15, 0.2) is 18.2 Å². The van der Waals surface area contributed by atoms with Gasteiger partial charge in [-0.25, -0.2) is 0 Å². The predicted molar refractivity (Wildman–Crippen MR) is 101 cm³/mol. The Hall–Kier alpha value is -0.770. The number of nitrogens with zero attached hydrogens (tertiary/aromatic N) is 5. The van der Waals surface area contributed by atoms with Gasteiger partial charge in [-0.1, -0.05) is 22.9 Å². The summed E-state index contributed by atoms with van der Waals surface area (Å²) >= 11 is 10.2. The van der Waals surface area contributed by atoms with Gasteiger partial charge in [-0.3, -0.25) is 0 Å². The molecule has 4 rings (SSSR count). The fraction of sp³-hybridized carbons (Fsp3) is 0.400. The van der Waals surface area contributed by atoms with E-state index in [-0.39, 0.29) is 0 Å². The van der Waals surface area contributed by atoms with Gasteiger partial charge in [0, 0.05) is 15.1 Å². The summed E-state index contributed by atoms with van der Waals surface area (Å²) in [5.41, 5.74) is 0.961. The van der Waals surface area contributed by atoms with Crippen molar-refractivity contribution in [2.45, 2.75) is 18.8 Å². The van der Waals surface area contributed by atoms with Gasteiger partial charge in [0.15, 0.2) is 5.82 Å². The molecule has 23 heavy (non-hydrogen) atoms. The van der Waals surface area contributed by atoms with Crippen molar-refractivity contribution in [2.24, 2.45) is 0 Å². The summed E-state index contributed by atoms with van der Waals surface area (Å²) in [5, 5.41) is 15.1. The van der Waals surface area contributed by atoms with Crippen LogP contribution < -0.4 is 0 Å². The van der Waals surface area contributed by atoms with Crippen molar-refractivity contribution in [3.8, 4) is 10.6 Å². The Kier molecular flexibility index (Phi) is 4.29. The molecule has 0 bridgehead atoms. The predicted octanol–water partition coefficient (Wildman–Crippen LogP) is 3.92. The van der Waals surface area contributed by atoms with E-state index in [0.29, 0.717) is 5.92 Å². The van der Waals surface area contributed by atoms with Crippen LogP contribution in [0.4, 0.5) is 0 Å². The molecule has 0 aliphatic carbocycles. The van der Waals surface area contributed by atoms with Gasteiger partial charge in [0.25, 0.3) is 0 Å². The highest BCUT2D eigenvalue weighted by molar-refractivity contribution is 14.1. The molecule has 8 heteroatoms. The highest BCUT2D eigenvalue weighted by atomic mass is 127. The van der Waals surface area contributed by atoms with Crippen LogP contribution in [0.25, 0.3) is 15.5 Å². The van der Waals surface area contributed by atoms with E-state index in [1.807, 2.05) is 16.6 Å². The van der Waals surface area contributed by atoms with E-state index < -0.39 is 0 Å². The molecule has 1 fully saturated rings. The Balaban J connectivity index is 1.73. The van der Waals surface area contributed by atoms with Crippen molar-refractivity contribution in [3.05, 3.63) is 32.6 Å². The fourth-order valence-corrected chi connectivity index (χ4v) is 4.55. The zero-order valence-electron chi connectivity index (χ0n) is 12.5. The molecule has 2 aromatic heterocycles. The van der Waals surface area contributed by atoms with E-state index in [9.17, 15) is 0 Å². The quantitative estimate of drug-likeness (QED) is 0.545. The number of benzene rings is 1. The van der Waals surface area contributed by atoms with Gasteiger partial charge < -0.3 is 4.90 Å². The molecule has 0 saturated carbocycles. The average molecular weight is 460 g/mol. The lowest BCUT2D eigenvalue weighted by atomic mass is 9.96. The van der Waals surface area contributed by atoms with Crippen LogP contribution in [0, 0.1) is 3.57 Å². The van der Waals surface area contributed by atoms with Crippen molar-refractivity contribution in [2.75, 3.05) is 20.1 Å². The Morgan fingerprint density at radius 3 is 2.83 bits per heavy atom. The van der Waals surface area contributed by atoms with Crippen LogP contribution in [0.2, 0.25) is 5.02 Å². The third kappa shape index (κ3) is 2.99. The maximum Gasteiger partial charge on any atom is 0.234 e. The highest BCUT2D eigenvalue weighted by Crippen LogP contribution is 2.34. The molecule has 0 N–H and O–H groups in total. The number of hydrogen-bond donors (Lipinski definition) is 0. The van der Waals surface area contributed by atoms with Gasteiger partial charge in [0.1, 0.15) is 5.01 Å². The molecule has 0 amide bonds.